The van der Waals surface area contributed by atoms with Crippen molar-refractivity contribution in [2.45, 2.75) is 9.79 Å². The van der Waals surface area contributed by atoms with Gasteiger partial charge in [-0.25, -0.2) is 4.21 Å². The number of para-hydroxylation sites is 1. The fourth-order valence-corrected chi connectivity index (χ4v) is 4.69. The van der Waals surface area contributed by atoms with Crippen LogP contribution < -0.4 is 9.64 Å². The van der Waals surface area contributed by atoms with Gasteiger partial charge in [0.05, 0.1) is 39.1 Å². The third kappa shape index (κ3) is 3.25. The van der Waals surface area contributed by atoms with Crippen LogP contribution in [0, 0.1) is 0 Å². The Balaban J connectivity index is 1.61. The summed E-state index contributed by atoms with van der Waals surface area (Å²) in [6.07, 6.45) is 3.29. The van der Waals surface area contributed by atoms with Crippen molar-refractivity contribution in [3.8, 4) is 5.75 Å². The topological polar surface area (TPSA) is 46.6 Å². The van der Waals surface area contributed by atoms with Crippen LogP contribution in [-0.2, 0) is 10.8 Å². The SMILES string of the molecule is COc1ccc(C(=O)/C=C/c2ccc3c(c2)S(=O)c2ccccc2N3C)cc1. The zero-order valence-electron chi connectivity index (χ0n) is 15.6. The summed E-state index contributed by atoms with van der Waals surface area (Å²) >= 11 is 0. The number of anilines is 2. The van der Waals surface area contributed by atoms with E-state index < -0.39 is 10.8 Å². The van der Waals surface area contributed by atoms with Crippen LogP contribution in [0.15, 0.2) is 82.6 Å². The number of benzene rings is 3. The van der Waals surface area contributed by atoms with E-state index in [9.17, 15) is 9.00 Å². The van der Waals surface area contributed by atoms with E-state index in [1.165, 1.54) is 6.08 Å². The minimum Gasteiger partial charge on any atom is -0.497 e. The van der Waals surface area contributed by atoms with E-state index in [2.05, 4.69) is 0 Å². The molecule has 28 heavy (non-hydrogen) atoms. The van der Waals surface area contributed by atoms with Crippen molar-refractivity contribution < 1.29 is 13.7 Å². The highest BCUT2D eigenvalue weighted by Crippen LogP contribution is 2.41. The second kappa shape index (κ2) is 7.44. The Morgan fingerprint density at radius 1 is 0.964 bits per heavy atom. The van der Waals surface area contributed by atoms with Crippen molar-refractivity contribution in [2.24, 2.45) is 0 Å². The van der Waals surface area contributed by atoms with Gasteiger partial charge in [-0.05, 0) is 60.2 Å². The van der Waals surface area contributed by atoms with Crippen LogP contribution in [0.3, 0.4) is 0 Å². The second-order valence-corrected chi connectivity index (χ2v) is 7.87. The van der Waals surface area contributed by atoms with Crippen molar-refractivity contribution in [1.29, 1.82) is 0 Å². The molecule has 3 aromatic carbocycles. The molecule has 1 heterocycles. The number of ketones is 1. The molecule has 0 aliphatic carbocycles. The first-order chi connectivity index (χ1) is 13.6. The average Bonchev–Trinajstić information content (AvgIpc) is 2.75. The Morgan fingerprint density at radius 2 is 1.68 bits per heavy atom. The van der Waals surface area contributed by atoms with Gasteiger partial charge < -0.3 is 9.64 Å². The van der Waals surface area contributed by atoms with E-state index in [4.69, 9.17) is 4.74 Å². The molecule has 3 aromatic rings. The lowest BCUT2D eigenvalue weighted by molar-refractivity contribution is 0.104. The lowest BCUT2D eigenvalue weighted by atomic mass is 10.1. The summed E-state index contributed by atoms with van der Waals surface area (Å²) in [6.45, 7) is 0. The molecule has 0 fully saturated rings. The van der Waals surface area contributed by atoms with Crippen molar-refractivity contribution in [2.75, 3.05) is 19.1 Å². The summed E-state index contributed by atoms with van der Waals surface area (Å²) in [5, 5.41) is 0. The maximum Gasteiger partial charge on any atom is 0.185 e. The van der Waals surface area contributed by atoms with E-state index in [-0.39, 0.29) is 5.78 Å². The van der Waals surface area contributed by atoms with Gasteiger partial charge in [0.25, 0.3) is 0 Å². The van der Waals surface area contributed by atoms with Gasteiger partial charge in [-0.2, -0.15) is 0 Å². The molecule has 5 heteroatoms. The van der Waals surface area contributed by atoms with Crippen molar-refractivity contribution in [3.63, 3.8) is 0 Å². The van der Waals surface area contributed by atoms with Gasteiger partial charge in [-0.3, -0.25) is 4.79 Å². The average molecular weight is 389 g/mol. The third-order valence-electron chi connectivity index (χ3n) is 4.77. The molecule has 0 N–H and O–H groups in total. The smallest absolute Gasteiger partial charge is 0.185 e. The second-order valence-electron chi connectivity index (χ2n) is 6.45. The Bertz CT molecular complexity index is 1100. The quantitative estimate of drug-likeness (QED) is 0.473. The molecule has 1 unspecified atom stereocenters. The van der Waals surface area contributed by atoms with Gasteiger partial charge in [0, 0.05) is 12.6 Å². The fraction of sp³-hybridized carbons (Fsp3) is 0.0870. The largest absolute Gasteiger partial charge is 0.497 e. The van der Waals surface area contributed by atoms with E-state index >= 15 is 0 Å². The molecule has 4 nitrogen and oxygen atoms in total. The molecule has 1 aliphatic heterocycles. The first kappa shape index (κ1) is 18.2. The first-order valence-corrected chi connectivity index (χ1v) is 9.98. The highest BCUT2D eigenvalue weighted by Gasteiger charge is 2.25. The summed E-state index contributed by atoms with van der Waals surface area (Å²) in [5.74, 6) is 0.617. The molecule has 0 saturated carbocycles. The van der Waals surface area contributed by atoms with Crippen LogP contribution in [0.1, 0.15) is 15.9 Å². The van der Waals surface area contributed by atoms with E-state index in [1.54, 1.807) is 37.5 Å². The maximum absolute atomic E-state index is 13.0. The van der Waals surface area contributed by atoms with E-state index in [1.807, 2.05) is 54.4 Å². The first-order valence-electron chi connectivity index (χ1n) is 8.83. The minimum absolute atomic E-state index is 0.0936. The van der Waals surface area contributed by atoms with Gasteiger partial charge in [-0.15, -0.1) is 0 Å². The molecule has 0 amide bonds. The lowest BCUT2D eigenvalue weighted by Gasteiger charge is -2.29. The molecule has 0 bridgehead atoms. The fourth-order valence-electron chi connectivity index (χ4n) is 3.22. The number of hydrogen-bond donors (Lipinski definition) is 0. The Hall–Kier alpha value is -3.18. The number of rotatable bonds is 4. The maximum atomic E-state index is 13.0. The number of methoxy groups -OCH3 is 1. The van der Waals surface area contributed by atoms with E-state index in [0.29, 0.717) is 11.3 Å². The number of fused-ring (bicyclic) bond motifs is 2. The number of carbonyl (C=O) groups excluding carboxylic acids is 1. The van der Waals surface area contributed by atoms with Crippen LogP contribution in [0.4, 0.5) is 11.4 Å². The van der Waals surface area contributed by atoms with Gasteiger partial charge in [0.2, 0.25) is 0 Å². The van der Waals surface area contributed by atoms with Crippen molar-refractivity contribution >= 4 is 34.0 Å². The zero-order chi connectivity index (χ0) is 19.7. The zero-order valence-corrected chi connectivity index (χ0v) is 16.4. The number of carbonyl (C=O) groups is 1. The molecule has 4 rings (SSSR count). The van der Waals surface area contributed by atoms with Gasteiger partial charge in [0.1, 0.15) is 5.75 Å². The summed E-state index contributed by atoms with van der Waals surface area (Å²) < 4.78 is 18.1. The molecule has 0 aromatic heterocycles. The molecule has 140 valence electrons. The molecule has 0 radical (unpaired) electrons. The van der Waals surface area contributed by atoms with E-state index in [0.717, 1.165) is 26.7 Å². The molecule has 0 saturated heterocycles. The van der Waals surface area contributed by atoms with Crippen LogP contribution >= 0.6 is 0 Å². The summed E-state index contributed by atoms with van der Waals surface area (Å²) in [7, 11) is 2.31. The molecule has 1 atom stereocenters. The van der Waals surface area contributed by atoms with Crippen molar-refractivity contribution in [1.82, 2.24) is 0 Å². The number of hydrogen-bond acceptors (Lipinski definition) is 4. The Labute approximate surface area is 166 Å². The highest BCUT2D eigenvalue weighted by atomic mass is 32.2. The Morgan fingerprint density at radius 3 is 2.43 bits per heavy atom. The van der Waals surface area contributed by atoms with Gasteiger partial charge >= 0.3 is 0 Å². The third-order valence-corrected chi connectivity index (χ3v) is 6.24. The number of allylic oxidation sites excluding steroid dienone is 1. The van der Waals surface area contributed by atoms with Crippen LogP contribution in [0.2, 0.25) is 0 Å². The number of nitrogens with zero attached hydrogens (tertiary/aromatic N) is 1. The van der Waals surface area contributed by atoms with Crippen LogP contribution in [0.25, 0.3) is 6.08 Å². The number of ether oxygens (including phenoxy) is 1. The molecule has 0 spiro atoms. The Kier molecular flexibility index (Phi) is 4.84. The minimum atomic E-state index is -1.25. The summed E-state index contributed by atoms with van der Waals surface area (Å²) in [4.78, 5) is 16.0. The van der Waals surface area contributed by atoms with Crippen LogP contribution in [-0.4, -0.2) is 24.1 Å². The monoisotopic (exact) mass is 389 g/mol. The van der Waals surface area contributed by atoms with Crippen molar-refractivity contribution in [3.05, 3.63) is 83.9 Å². The normalized spacial score (nSPS) is 15.2. The molecular weight excluding hydrogens is 370 g/mol. The van der Waals surface area contributed by atoms with Crippen LogP contribution in [0.5, 0.6) is 5.75 Å². The molecule has 1 aliphatic rings. The van der Waals surface area contributed by atoms with Gasteiger partial charge in [-0.1, -0.05) is 24.3 Å². The standard InChI is InChI=1S/C23H19NO3S/c1-24-19-5-3-4-6-22(19)28(26)23-15-16(7-13-20(23)24)8-14-21(25)17-9-11-18(27-2)12-10-17/h3-15H,1-2H3/b14-8+. The lowest BCUT2D eigenvalue weighted by Crippen LogP contribution is -2.19. The predicted octanol–water partition coefficient (Wildman–Crippen LogP) is 4.84. The highest BCUT2D eigenvalue weighted by molar-refractivity contribution is 7.85. The summed E-state index contributed by atoms with van der Waals surface area (Å²) in [6, 6.07) is 20.4. The summed E-state index contributed by atoms with van der Waals surface area (Å²) in [5.41, 5.74) is 3.29. The molecular formula is C23H19NO3S. The van der Waals surface area contributed by atoms with Gasteiger partial charge in [0.15, 0.2) is 5.78 Å². The predicted molar refractivity (Wildman–Crippen MR) is 112 cm³/mol.